The smallest absolute Gasteiger partial charge is 0.0153 e. The van der Waals surface area contributed by atoms with Crippen molar-refractivity contribution < 1.29 is 0 Å². The van der Waals surface area contributed by atoms with Crippen LogP contribution in [-0.2, 0) is 0 Å². The molecule has 0 amide bonds. The van der Waals surface area contributed by atoms with E-state index in [2.05, 4.69) is 88.8 Å². The molecule has 0 bridgehead atoms. The van der Waals surface area contributed by atoms with E-state index in [1.54, 1.807) is 0 Å². The summed E-state index contributed by atoms with van der Waals surface area (Å²) in [5.74, 6) is 3.55. The van der Waals surface area contributed by atoms with Gasteiger partial charge in [0.15, 0.2) is 0 Å². The minimum absolute atomic E-state index is 0.327. The molecule has 0 aliphatic carbocycles. The number of piperidine rings is 2. The average Bonchev–Trinajstić information content (AvgIpc) is 3.54. The minimum Gasteiger partial charge on any atom is -0.303 e. The maximum absolute atomic E-state index is 2.86. The average molecular weight is 559 g/mol. The van der Waals surface area contributed by atoms with Gasteiger partial charge in [-0.1, -0.05) is 34.6 Å². The lowest BCUT2D eigenvalue weighted by Crippen LogP contribution is -2.45. The van der Waals surface area contributed by atoms with E-state index in [9.17, 15) is 0 Å². The zero-order valence-corrected chi connectivity index (χ0v) is 28.8. The van der Waals surface area contributed by atoms with E-state index in [1.807, 2.05) is 0 Å². The molecular formula is C36H70N4. The van der Waals surface area contributed by atoms with Crippen molar-refractivity contribution in [3.8, 4) is 0 Å². The number of nitrogens with zero attached hydrogens (tertiary/aromatic N) is 4. The Balaban J connectivity index is 1.16. The molecule has 4 rings (SSSR count). The molecule has 4 fully saturated rings. The Morgan fingerprint density at radius 3 is 1.40 bits per heavy atom. The number of rotatable bonds is 9. The second-order valence-electron chi connectivity index (χ2n) is 18.2. The first-order valence-electron chi connectivity index (χ1n) is 17.5. The summed E-state index contributed by atoms with van der Waals surface area (Å²) in [5.41, 5.74) is 1.59. The Hall–Kier alpha value is -0.160. The highest BCUT2D eigenvalue weighted by Gasteiger charge is 2.39. The standard InChI is InChI=1S/C36H70N4/c1-33(2,3)31-13-19-37(20-14-31)26-30-12-24-40(28-30)36(9,10)18-17-35(7,8)32-15-21-38(22-16-32)25-29-11-23-39(27-29)34(4,5)6/h29-32H,11-28H2,1-10H3/t29-,30+/m1/s1. The molecule has 0 saturated carbocycles. The first kappa shape index (κ1) is 32.7. The molecule has 0 aromatic rings. The molecule has 40 heavy (non-hydrogen) atoms. The third-order valence-electron chi connectivity index (χ3n) is 12.3. The molecule has 4 heteroatoms. The van der Waals surface area contributed by atoms with Crippen LogP contribution in [0.3, 0.4) is 0 Å². The van der Waals surface area contributed by atoms with Crippen molar-refractivity contribution in [3.63, 3.8) is 0 Å². The van der Waals surface area contributed by atoms with Gasteiger partial charge in [0.1, 0.15) is 0 Å². The summed E-state index contributed by atoms with van der Waals surface area (Å²) in [6.45, 7) is 37.9. The monoisotopic (exact) mass is 559 g/mol. The van der Waals surface area contributed by atoms with Crippen molar-refractivity contribution in [2.75, 3.05) is 65.4 Å². The van der Waals surface area contributed by atoms with Crippen molar-refractivity contribution in [1.82, 2.24) is 19.6 Å². The van der Waals surface area contributed by atoms with Gasteiger partial charge in [0.2, 0.25) is 0 Å². The fourth-order valence-corrected chi connectivity index (χ4v) is 8.72. The molecule has 0 N–H and O–H groups in total. The molecule has 4 aliphatic heterocycles. The van der Waals surface area contributed by atoms with Crippen LogP contribution in [0, 0.1) is 34.5 Å². The Morgan fingerprint density at radius 1 is 0.500 bits per heavy atom. The molecule has 234 valence electrons. The first-order valence-corrected chi connectivity index (χ1v) is 17.5. The van der Waals surface area contributed by atoms with Gasteiger partial charge in [-0.15, -0.1) is 0 Å². The van der Waals surface area contributed by atoms with Gasteiger partial charge >= 0.3 is 0 Å². The molecule has 0 radical (unpaired) electrons. The molecule has 0 spiro atoms. The van der Waals surface area contributed by atoms with E-state index in [-0.39, 0.29) is 0 Å². The van der Waals surface area contributed by atoms with Crippen LogP contribution in [0.5, 0.6) is 0 Å². The van der Waals surface area contributed by atoms with E-state index in [0.29, 0.717) is 21.9 Å². The summed E-state index contributed by atoms with van der Waals surface area (Å²) in [5, 5.41) is 0. The van der Waals surface area contributed by atoms with Crippen LogP contribution in [0.1, 0.15) is 121 Å². The van der Waals surface area contributed by atoms with Gasteiger partial charge in [0.05, 0.1) is 0 Å². The summed E-state index contributed by atoms with van der Waals surface area (Å²) in [4.78, 5) is 11.2. The normalized spacial score (nSPS) is 28.6. The van der Waals surface area contributed by atoms with Gasteiger partial charge in [-0.2, -0.15) is 0 Å². The van der Waals surface area contributed by atoms with E-state index in [4.69, 9.17) is 0 Å². The van der Waals surface area contributed by atoms with Gasteiger partial charge in [-0.25, -0.2) is 0 Å². The topological polar surface area (TPSA) is 13.0 Å². The molecule has 0 aromatic carbocycles. The Bertz CT molecular complexity index is 774. The van der Waals surface area contributed by atoms with E-state index in [0.717, 1.165) is 23.7 Å². The minimum atomic E-state index is 0.327. The second-order valence-corrected chi connectivity index (χ2v) is 18.2. The zero-order valence-electron chi connectivity index (χ0n) is 28.8. The quantitative estimate of drug-likeness (QED) is 0.291. The van der Waals surface area contributed by atoms with Crippen LogP contribution in [0.2, 0.25) is 0 Å². The van der Waals surface area contributed by atoms with Crippen molar-refractivity contribution >= 4 is 0 Å². The lowest BCUT2D eigenvalue weighted by Gasteiger charge is -2.44. The number of hydrogen-bond donors (Lipinski definition) is 0. The van der Waals surface area contributed by atoms with Gasteiger partial charge in [-0.3, -0.25) is 9.80 Å². The van der Waals surface area contributed by atoms with E-state index in [1.165, 1.54) is 117 Å². The van der Waals surface area contributed by atoms with Crippen molar-refractivity contribution in [2.45, 2.75) is 132 Å². The molecule has 4 nitrogen and oxygen atoms in total. The Labute approximate surface area is 251 Å². The van der Waals surface area contributed by atoms with Crippen LogP contribution in [0.4, 0.5) is 0 Å². The van der Waals surface area contributed by atoms with Gasteiger partial charge in [-0.05, 0) is 160 Å². The van der Waals surface area contributed by atoms with Gasteiger partial charge in [0, 0.05) is 37.3 Å². The van der Waals surface area contributed by atoms with Gasteiger partial charge in [0.25, 0.3) is 0 Å². The van der Waals surface area contributed by atoms with Crippen LogP contribution in [0.15, 0.2) is 0 Å². The summed E-state index contributed by atoms with van der Waals surface area (Å²) in [6, 6.07) is 0. The second kappa shape index (κ2) is 12.8. The Morgan fingerprint density at radius 2 is 0.950 bits per heavy atom. The highest BCUT2D eigenvalue weighted by atomic mass is 15.2. The first-order chi connectivity index (χ1) is 18.5. The molecule has 4 saturated heterocycles. The predicted molar refractivity (Wildman–Crippen MR) is 174 cm³/mol. The summed E-state index contributed by atoms with van der Waals surface area (Å²) in [6.07, 6.45) is 11.1. The Kier molecular flexibility index (Phi) is 10.5. The third-order valence-corrected chi connectivity index (χ3v) is 12.3. The lowest BCUT2D eigenvalue weighted by atomic mass is 9.69. The molecule has 4 heterocycles. The molecular weight excluding hydrogens is 488 g/mol. The molecule has 2 atom stereocenters. The molecule has 4 aliphatic rings. The highest BCUT2D eigenvalue weighted by molar-refractivity contribution is 4.93. The number of likely N-dealkylation sites (tertiary alicyclic amines) is 4. The maximum Gasteiger partial charge on any atom is 0.0153 e. The van der Waals surface area contributed by atoms with Crippen LogP contribution >= 0.6 is 0 Å². The highest BCUT2D eigenvalue weighted by Crippen LogP contribution is 2.42. The van der Waals surface area contributed by atoms with E-state index >= 15 is 0 Å². The van der Waals surface area contributed by atoms with E-state index < -0.39 is 0 Å². The summed E-state index contributed by atoms with van der Waals surface area (Å²) >= 11 is 0. The van der Waals surface area contributed by atoms with Gasteiger partial charge < -0.3 is 9.80 Å². The number of hydrogen-bond acceptors (Lipinski definition) is 4. The zero-order chi connectivity index (χ0) is 29.3. The lowest BCUT2D eigenvalue weighted by molar-refractivity contribution is 0.0597. The van der Waals surface area contributed by atoms with Crippen molar-refractivity contribution in [2.24, 2.45) is 34.5 Å². The third kappa shape index (κ3) is 8.70. The largest absolute Gasteiger partial charge is 0.303 e. The molecule has 0 unspecified atom stereocenters. The summed E-state index contributed by atoms with van der Waals surface area (Å²) < 4.78 is 0. The van der Waals surface area contributed by atoms with Crippen molar-refractivity contribution in [1.29, 1.82) is 0 Å². The van der Waals surface area contributed by atoms with Crippen LogP contribution < -0.4 is 0 Å². The predicted octanol–water partition coefficient (Wildman–Crippen LogP) is 7.48. The fourth-order valence-electron chi connectivity index (χ4n) is 8.72. The fraction of sp³-hybridized carbons (Fsp3) is 1.00. The van der Waals surface area contributed by atoms with Crippen molar-refractivity contribution in [3.05, 3.63) is 0 Å². The van der Waals surface area contributed by atoms with Crippen LogP contribution in [-0.4, -0.2) is 96.1 Å². The maximum atomic E-state index is 2.86. The molecule has 0 aromatic heterocycles. The summed E-state index contributed by atoms with van der Waals surface area (Å²) in [7, 11) is 0. The van der Waals surface area contributed by atoms with Crippen LogP contribution in [0.25, 0.3) is 0 Å². The SMILES string of the molecule is CC(C)(C)C1CCN(C[C@@H]2CCN(C(C)(C)CCC(C)(C)C3CCN(C[C@H]4CCN(C(C)(C)C)C4)CC3)C2)CC1.